The highest BCUT2D eigenvalue weighted by Crippen LogP contribution is 2.09. The normalized spacial score (nSPS) is 13.0. The SMILES string of the molecule is C=CC(=CS(=O)(=O)O)CCCC. The van der Waals surface area contributed by atoms with Crippen molar-refractivity contribution in [2.24, 2.45) is 0 Å². The molecule has 0 aromatic rings. The van der Waals surface area contributed by atoms with E-state index in [9.17, 15) is 8.42 Å². The van der Waals surface area contributed by atoms with Gasteiger partial charge in [-0.15, -0.1) is 0 Å². The molecular formula is C8H14O3S. The van der Waals surface area contributed by atoms with E-state index in [1.165, 1.54) is 6.08 Å². The summed E-state index contributed by atoms with van der Waals surface area (Å²) in [4.78, 5) is 0. The van der Waals surface area contributed by atoms with E-state index in [2.05, 4.69) is 6.58 Å². The molecule has 0 bridgehead atoms. The summed E-state index contributed by atoms with van der Waals surface area (Å²) in [7, 11) is -4.00. The third kappa shape index (κ3) is 6.12. The molecule has 0 saturated carbocycles. The predicted molar refractivity (Wildman–Crippen MR) is 49.4 cm³/mol. The maximum absolute atomic E-state index is 10.4. The van der Waals surface area contributed by atoms with Crippen LogP contribution in [0.5, 0.6) is 0 Å². The first-order valence-corrected chi connectivity index (χ1v) is 5.30. The second-order valence-corrected chi connectivity index (χ2v) is 3.78. The molecule has 0 heterocycles. The van der Waals surface area contributed by atoms with Crippen LogP contribution in [0.25, 0.3) is 0 Å². The van der Waals surface area contributed by atoms with Crippen LogP contribution in [0.4, 0.5) is 0 Å². The summed E-state index contributed by atoms with van der Waals surface area (Å²) in [5, 5.41) is 0.843. The number of hydrogen-bond donors (Lipinski definition) is 1. The fourth-order valence-corrected chi connectivity index (χ4v) is 1.38. The quantitative estimate of drug-likeness (QED) is 0.533. The van der Waals surface area contributed by atoms with Crippen LogP contribution in [0.15, 0.2) is 23.6 Å². The van der Waals surface area contributed by atoms with Gasteiger partial charge in [-0.2, -0.15) is 8.42 Å². The van der Waals surface area contributed by atoms with Crippen molar-refractivity contribution in [3.63, 3.8) is 0 Å². The maximum Gasteiger partial charge on any atom is 0.287 e. The molecule has 70 valence electrons. The number of allylic oxidation sites excluding steroid dienone is 2. The molecule has 0 unspecified atom stereocenters. The Morgan fingerprint density at radius 2 is 2.17 bits per heavy atom. The van der Waals surface area contributed by atoms with Crippen molar-refractivity contribution in [2.75, 3.05) is 0 Å². The Morgan fingerprint density at radius 3 is 2.50 bits per heavy atom. The van der Waals surface area contributed by atoms with Gasteiger partial charge in [-0.25, -0.2) is 0 Å². The van der Waals surface area contributed by atoms with Crippen LogP contribution in [-0.2, 0) is 10.1 Å². The molecule has 0 aliphatic rings. The van der Waals surface area contributed by atoms with Crippen molar-refractivity contribution in [2.45, 2.75) is 26.2 Å². The van der Waals surface area contributed by atoms with E-state index in [1.54, 1.807) is 0 Å². The molecule has 0 fully saturated rings. The van der Waals surface area contributed by atoms with Crippen molar-refractivity contribution in [3.05, 3.63) is 23.6 Å². The average Bonchev–Trinajstić information content (AvgIpc) is 1.95. The van der Waals surface area contributed by atoms with Gasteiger partial charge in [0.05, 0.1) is 5.41 Å². The highest BCUT2D eigenvalue weighted by molar-refractivity contribution is 7.88. The lowest BCUT2D eigenvalue weighted by atomic mass is 10.1. The second-order valence-electron chi connectivity index (χ2n) is 2.52. The van der Waals surface area contributed by atoms with E-state index in [-0.39, 0.29) is 0 Å². The van der Waals surface area contributed by atoms with Gasteiger partial charge in [0.25, 0.3) is 10.1 Å². The lowest BCUT2D eigenvalue weighted by molar-refractivity contribution is 0.494. The molecule has 0 aliphatic heterocycles. The van der Waals surface area contributed by atoms with Gasteiger partial charge < -0.3 is 0 Å². The van der Waals surface area contributed by atoms with Crippen LogP contribution in [-0.4, -0.2) is 13.0 Å². The van der Waals surface area contributed by atoms with Gasteiger partial charge in [0.1, 0.15) is 0 Å². The van der Waals surface area contributed by atoms with E-state index < -0.39 is 10.1 Å². The molecule has 0 aliphatic carbocycles. The first kappa shape index (κ1) is 11.4. The largest absolute Gasteiger partial charge is 0.287 e. The third-order valence-electron chi connectivity index (χ3n) is 1.38. The van der Waals surface area contributed by atoms with Crippen molar-refractivity contribution < 1.29 is 13.0 Å². The Kier molecular flexibility index (Phi) is 4.85. The van der Waals surface area contributed by atoms with E-state index >= 15 is 0 Å². The maximum atomic E-state index is 10.4. The molecule has 12 heavy (non-hydrogen) atoms. The van der Waals surface area contributed by atoms with Crippen molar-refractivity contribution in [1.29, 1.82) is 0 Å². The summed E-state index contributed by atoms with van der Waals surface area (Å²) < 4.78 is 29.3. The zero-order valence-electron chi connectivity index (χ0n) is 7.16. The Balaban J connectivity index is 4.35. The smallest absolute Gasteiger partial charge is 0.282 e. The van der Waals surface area contributed by atoms with Gasteiger partial charge in [0, 0.05) is 0 Å². The summed E-state index contributed by atoms with van der Waals surface area (Å²) in [6, 6.07) is 0. The standard InChI is InChI=1S/C8H14O3S/c1-3-5-6-8(4-2)7-12(9,10)11/h4,7H,2-3,5-6H2,1H3,(H,9,10,11). The summed E-state index contributed by atoms with van der Waals surface area (Å²) in [5.74, 6) is 0. The highest BCUT2D eigenvalue weighted by Gasteiger charge is 2.00. The Labute approximate surface area is 73.5 Å². The van der Waals surface area contributed by atoms with Crippen LogP contribution >= 0.6 is 0 Å². The van der Waals surface area contributed by atoms with E-state index in [4.69, 9.17) is 4.55 Å². The summed E-state index contributed by atoms with van der Waals surface area (Å²) in [6.45, 7) is 5.46. The molecule has 1 N–H and O–H groups in total. The minimum atomic E-state index is -4.00. The Hall–Kier alpha value is -0.610. The van der Waals surface area contributed by atoms with Gasteiger partial charge in [0.15, 0.2) is 0 Å². The predicted octanol–water partition coefficient (Wildman–Crippen LogP) is 2.13. The van der Waals surface area contributed by atoms with Crippen LogP contribution < -0.4 is 0 Å². The molecule has 0 aromatic carbocycles. The molecule has 0 spiro atoms. The lowest BCUT2D eigenvalue weighted by Crippen LogP contribution is -1.92. The zero-order valence-corrected chi connectivity index (χ0v) is 7.97. The number of hydrogen-bond acceptors (Lipinski definition) is 2. The molecule has 4 heteroatoms. The molecule has 0 aromatic heterocycles. The average molecular weight is 190 g/mol. The fourth-order valence-electron chi connectivity index (χ4n) is 0.781. The Morgan fingerprint density at radius 1 is 1.58 bits per heavy atom. The van der Waals surface area contributed by atoms with E-state index in [0.717, 1.165) is 18.2 Å². The summed E-state index contributed by atoms with van der Waals surface area (Å²) in [6.07, 6.45) is 3.97. The molecule has 0 saturated heterocycles. The van der Waals surface area contributed by atoms with Crippen LogP contribution in [0.1, 0.15) is 26.2 Å². The first-order chi connectivity index (χ1) is 5.49. The summed E-state index contributed by atoms with van der Waals surface area (Å²) >= 11 is 0. The van der Waals surface area contributed by atoms with Gasteiger partial charge in [-0.1, -0.05) is 26.0 Å². The molecule has 3 nitrogen and oxygen atoms in total. The van der Waals surface area contributed by atoms with E-state index in [1.807, 2.05) is 6.92 Å². The monoisotopic (exact) mass is 190 g/mol. The van der Waals surface area contributed by atoms with Gasteiger partial charge in [0.2, 0.25) is 0 Å². The van der Waals surface area contributed by atoms with Crippen molar-refractivity contribution >= 4 is 10.1 Å². The third-order valence-corrected chi connectivity index (χ3v) is 1.98. The second kappa shape index (κ2) is 5.11. The number of unbranched alkanes of at least 4 members (excludes halogenated alkanes) is 1. The Bertz CT molecular complexity index is 262. The van der Waals surface area contributed by atoms with Gasteiger partial charge >= 0.3 is 0 Å². The molecule has 0 radical (unpaired) electrons. The van der Waals surface area contributed by atoms with Crippen LogP contribution in [0, 0.1) is 0 Å². The minimum Gasteiger partial charge on any atom is -0.282 e. The van der Waals surface area contributed by atoms with Gasteiger partial charge in [-0.3, -0.25) is 4.55 Å². The van der Waals surface area contributed by atoms with Crippen molar-refractivity contribution in [3.8, 4) is 0 Å². The summed E-state index contributed by atoms with van der Waals surface area (Å²) in [5.41, 5.74) is 0.555. The van der Waals surface area contributed by atoms with Gasteiger partial charge in [-0.05, 0) is 18.4 Å². The van der Waals surface area contributed by atoms with Crippen LogP contribution in [0.2, 0.25) is 0 Å². The zero-order chi connectivity index (χ0) is 9.61. The van der Waals surface area contributed by atoms with E-state index in [0.29, 0.717) is 12.0 Å². The molecule has 0 atom stereocenters. The topological polar surface area (TPSA) is 54.4 Å². The van der Waals surface area contributed by atoms with Crippen molar-refractivity contribution in [1.82, 2.24) is 0 Å². The van der Waals surface area contributed by atoms with Crippen LogP contribution in [0.3, 0.4) is 0 Å². The highest BCUT2D eigenvalue weighted by atomic mass is 32.2. The first-order valence-electron chi connectivity index (χ1n) is 3.80. The minimum absolute atomic E-state index is 0.555. The molecular weight excluding hydrogens is 176 g/mol. The number of rotatable bonds is 5. The molecule has 0 rings (SSSR count). The lowest BCUT2D eigenvalue weighted by Gasteiger charge is -1.97. The molecule has 0 amide bonds. The fraction of sp³-hybridized carbons (Fsp3) is 0.500.